The lowest BCUT2D eigenvalue weighted by Crippen LogP contribution is -2.38. The van der Waals surface area contributed by atoms with E-state index in [-0.39, 0.29) is 24.6 Å². The Hall–Kier alpha value is -0.610. The van der Waals surface area contributed by atoms with E-state index in [0.717, 1.165) is 6.42 Å². The van der Waals surface area contributed by atoms with Crippen molar-refractivity contribution in [2.45, 2.75) is 38.8 Å². The number of carbonyl (C=O) groups is 1. The average molecular weight is 202 g/mol. The molecule has 4 heteroatoms. The molecule has 2 N–H and O–H groups in total. The second-order valence-corrected chi connectivity index (χ2v) is 3.97. The third-order valence-corrected chi connectivity index (χ3v) is 2.11. The van der Waals surface area contributed by atoms with Crippen LogP contribution in [0.1, 0.15) is 26.7 Å². The maximum absolute atomic E-state index is 11.3. The number of amides is 1. The van der Waals surface area contributed by atoms with E-state index in [9.17, 15) is 4.79 Å². The standard InChI is InChI=1S/C10H22N2O2/c1-8(5-6-13)11-9(2)7-10(14)12(3)4/h8-9,11,13H,5-7H2,1-4H3. The number of aliphatic hydroxyl groups excluding tert-OH is 1. The number of rotatable bonds is 6. The van der Waals surface area contributed by atoms with Gasteiger partial charge in [-0.15, -0.1) is 0 Å². The van der Waals surface area contributed by atoms with Gasteiger partial charge in [0, 0.05) is 39.2 Å². The van der Waals surface area contributed by atoms with E-state index in [1.54, 1.807) is 19.0 Å². The predicted octanol–water partition coefficient (Wildman–Crippen LogP) is 0.214. The summed E-state index contributed by atoms with van der Waals surface area (Å²) in [6.07, 6.45) is 1.23. The molecule has 84 valence electrons. The molecule has 0 saturated carbocycles. The van der Waals surface area contributed by atoms with Crippen LogP contribution in [0.4, 0.5) is 0 Å². The van der Waals surface area contributed by atoms with Gasteiger partial charge in [-0.2, -0.15) is 0 Å². The number of hydrogen-bond donors (Lipinski definition) is 2. The van der Waals surface area contributed by atoms with Crippen LogP contribution in [0.2, 0.25) is 0 Å². The fraction of sp³-hybridized carbons (Fsp3) is 0.900. The van der Waals surface area contributed by atoms with Gasteiger partial charge < -0.3 is 15.3 Å². The third kappa shape index (κ3) is 5.94. The second-order valence-electron chi connectivity index (χ2n) is 3.97. The highest BCUT2D eigenvalue weighted by Crippen LogP contribution is 1.98. The second kappa shape index (κ2) is 6.79. The summed E-state index contributed by atoms with van der Waals surface area (Å²) in [5.74, 6) is 0.126. The van der Waals surface area contributed by atoms with Crippen LogP contribution in [0.5, 0.6) is 0 Å². The average Bonchev–Trinajstić information content (AvgIpc) is 2.03. The first-order valence-electron chi connectivity index (χ1n) is 5.04. The number of aliphatic hydroxyl groups is 1. The lowest BCUT2D eigenvalue weighted by atomic mass is 10.1. The molecule has 1 amide bonds. The van der Waals surface area contributed by atoms with Gasteiger partial charge in [0.05, 0.1) is 0 Å². The van der Waals surface area contributed by atoms with E-state index in [1.807, 2.05) is 13.8 Å². The van der Waals surface area contributed by atoms with Gasteiger partial charge in [0.25, 0.3) is 0 Å². The first-order valence-corrected chi connectivity index (χ1v) is 5.04. The van der Waals surface area contributed by atoms with Gasteiger partial charge in [-0.05, 0) is 20.3 Å². The Morgan fingerprint density at radius 1 is 1.36 bits per heavy atom. The molecule has 2 atom stereocenters. The molecule has 2 unspecified atom stereocenters. The van der Waals surface area contributed by atoms with Crippen LogP contribution < -0.4 is 5.32 Å². The predicted molar refractivity (Wildman–Crippen MR) is 57.1 cm³/mol. The Bertz CT molecular complexity index is 172. The minimum Gasteiger partial charge on any atom is -0.396 e. The summed E-state index contributed by atoms with van der Waals surface area (Å²) in [4.78, 5) is 12.9. The number of nitrogens with zero attached hydrogens (tertiary/aromatic N) is 1. The molecule has 0 aromatic carbocycles. The van der Waals surface area contributed by atoms with Crippen LogP contribution in [-0.4, -0.2) is 48.7 Å². The van der Waals surface area contributed by atoms with E-state index in [1.165, 1.54) is 0 Å². The normalized spacial score (nSPS) is 14.9. The molecule has 0 radical (unpaired) electrons. The van der Waals surface area contributed by atoms with Crippen molar-refractivity contribution < 1.29 is 9.90 Å². The van der Waals surface area contributed by atoms with Crippen molar-refractivity contribution in [3.63, 3.8) is 0 Å². The zero-order chi connectivity index (χ0) is 11.1. The molecule has 14 heavy (non-hydrogen) atoms. The minimum absolute atomic E-state index is 0.126. The fourth-order valence-electron chi connectivity index (χ4n) is 1.27. The summed E-state index contributed by atoms with van der Waals surface area (Å²) in [7, 11) is 3.51. The van der Waals surface area contributed by atoms with Gasteiger partial charge in [-0.1, -0.05) is 0 Å². The van der Waals surface area contributed by atoms with Crippen LogP contribution in [0.3, 0.4) is 0 Å². The van der Waals surface area contributed by atoms with Crippen LogP contribution in [-0.2, 0) is 4.79 Å². The van der Waals surface area contributed by atoms with Gasteiger partial charge in [-0.3, -0.25) is 4.79 Å². The van der Waals surface area contributed by atoms with Gasteiger partial charge in [0.2, 0.25) is 5.91 Å². The number of nitrogens with one attached hydrogen (secondary N) is 1. The van der Waals surface area contributed by atoms with Crippen LogP contribution in [0.25, 0.3) is 0 Å². The minimum atomic E-state index is 0.126. The fourth-order valence-corrected chi connectivity index (χ4v) is 1.27. The van der Waals surface area contributed by atoms with E-state index in [0.29, 0.717) is 6.42 Å². The monoisotopic (exact) mass is 202 g/mol. The van der Waals surface area contributed by atoms with E-state index in [2.05, 4.69) is 5.32 Å². The van der Waals surface area contributed by atoms with Crippen molar-refractivity contribution in [3.05, 3.63) is 0 Å². The van der Waals surface area contributed by atoms with Crippen LogP contribution in [0.15, 0.2) is 0 Å². The Labute approximate surface area is 86.3 Å². The summed E-state index contributed by atoms with van der Waals surface area (Å²) >= 11 is 0. The van der Waals surface area contributed by atoms with Crippen molar-refractivity contribution >= 4 is 5.91 Å². The Kier molecular flexibility index (Phi) is 6.49. The molecular weight excluding hydrogens is 180 g/mol. The molecule has 0 rings (SSSR count). The van der Waals surface area contributed by atoms with Crippen molar-refractivity contribution in [1.29, 1.82) is 0 Å². The third-order valence-electron chi connectivity index (χ3n) is 2.11. The molecular formula is C10H22N2O2. The molecule has 0 aromatic rings. The van der Waals surface area contributed by atoms with Crippen LogP contribution in [0, 0.1) is 0 Å². The smallest absolute Gasteiger partial charge is 0.223 e. The Morgan fingerprint density at radius 2 is 1.93 bits per heavy atom. The van der Waals surface area contributed by atoms with Gasteiger partial charge in [0.15, 0.2) is 0 Å². The molecule has 0 spiro atoms. The lowest BCUT2D eigenvalue weighted by Gasteiger charge is -2.20. The molecule has 0 saturated heterocycles. The van der Waals surface area contributed by atoms with Crippen LogP contribution >= 0.6 is 0 Å². The van der Waals surface area contributed by atoms with Gasteiger partial charge in [-0.25, -0.2) is 0 Å². The summed E-state index contributed by atoms with van der Waals surface area (Å²) in [5.41, 5.74) is 0. The highest BCUT2D eigenvalue weighted by Gasteiger charge is 2.12. The first kappa shape index (κ1) is 13.4. The first-order chi connectivity index (χ1) is 6.47. The summed E-state index contributed by atoms with van der Waals surface area (Å²) in [5, 5.41) is 12.0. The summed E-state index contributed by atoms with van der Waals surface area (Å²) in [6.45, 7) is 4.17. The van der Waals surface area contributed by atoms with Crippen molar-refractivity contribution in [3.8, 4) is 0 Å². The Morgan fingerprint density at radius 3 is 2.36 bits per heavy atom. The zero-order valence-electron chi connectivity index (χ0n) is 9.58. The highest BCUT2D eigenvalue weighted by molar-refractivity contribution is 5.76. The maximum Gasteiger partial charge on any atom is 0.223 e. The van der Waals surface area contributed by atoms with Gasteiger partial charge >= 0.3 is 0 Å². The summed E-state index contributed by atoms with van der Waals surface area (Å²) < 4.78 is 0. The SMILES string of the molecule is CC(CCO)NC(C)CC(=O)N(C)C. The van der Waals surface area contributed by atoms with E-state index in [4.69, 9.17) is 5.11 Å². The summed E-state index contributed by atoms with van der Waals surface area (Å²) in [6, 6.07) is 0.413. The molecule has 4 nitrogen and oxygen atoms in total. The molecule has 0 aliphatic rings. The topological polar surface area (TPSA) is 52.6 Å². The zero-order valence-corrected chi connectivity index (χ0v) is 9.58. The maximum atomic E-state index is 11.3. The van der Waals surface area contributed by atoms with Crippen molar-refractivity contribution in [1.82, 2.24) is 10.2 Å². The molecule has 0 heterocycles. The molecule has 0 aromatic heterocycles. The lowest BCUT2D eigenvalue weighted by molar-refractivity contribution is -0.129. The number of carbonyl (C=O) groups excluding carboxylic acids is 1. The van der Waals surface area contributed by atoms with Gasteiger partial charge in [0.1, 0.15) is 0 Å². The number of hydrogen-bond acceptors (Lipinski definition) is 3. The molecule has 0 aliphatic carbocycles. The molecule has 0 fully saturated rings. The molecule has 0 aliphatic heterocycles. The van der Waals surface area contributed by atoms with Crippen molar-refractivity contribution in [2.75, 3.05) is 20.7 Å². The Balaban J connectivity index is 3.74. The van der Waals surface area contributed by atoms with E-state index >= 15 is 0 Å². The van der Waals surface area contributed by atoms with E-state index < -0.39 is 0 Å². The quantitative estimate of drug-likeness (QED) is 0.647. The highest BCUT2D eigenvalue weighted by atomic mass is 16.3. The molecule has 0 bridgehead atoms. The largest absolute Gasteiger partial charge is 0.396 e. The van der Waals surface area contributed by atoms with Crippen molar-refractivity contribution in [2.24, 2.45) is 0 Å².